The van der Waals surface area contributed by atoms with Crippen LogP contribution in [0, 0.1) is 9.39 Å². The van der Waals surface area contributed by atoms with E-state index in [2.05, 4.69) is 5.32 Å². The normalized spacial score (nSPS) is 11.8. The second-order valence-electron chi connectivity index (χ2n) is 6.10. The summed E-state index contributed by atoms with van der Waals surface area (Å²) in [5.41, 5.74) is 0.147. The summed E-state index contributed by atoms with van der Waals surface area (Å²) in [6, 6.07) is 4.24. The Hall–Kier alpha value is -2.49. The molecule has 0 saturated carbocycles. The van der Waals surface area contributed by atoms with E-state index in [4.69, 9.17) is 14.7 Å². The van der Waals surface area contributed by atoms with E-state index >= 15 is 0 Å². The van der Waals surface area contributed by atoms with Crippen molar-refractivity contribution in [2.45, 2.75) is 12.5 Å². The van der Waals surface area contributed by atoms with Crippen molar-refractivity contribution in [3.05, 3.63) is 48.4 Å². The van der Waals surface area contributed by atoms with Gasteiger partial charge >= 0.3 is 17.3 Å². The number of amides is 1. The molecular formula is C17H20FIN4O7. The number of ether oxygens (including phenoxy) is 1. The number of anilines is 2. The number of halogens is 2. The van der Waals surface area contributed by atoms with Gasteiger partial charge in [-0.1, -0.05) is 0 Å². The van der Waals surface area contributed by atoms with E-state index in [1.807, 2.05) is 28.1 Å². The third-order valence-electron chi connectivity index (χ3n) is 3.90. The SMILES string of the molecule is Cn1c(Nc2ccc(I)cc2F)c(OC(=O)NOC[C@H](O)CCO)c(=O)n(C)c1=O. The number of carbonyl (C=O) groups excluding carboxylic acids is 1. The van der Waals surface area contributed by atoms with Gasteiger partial charge in [0.1, 0.15) is 12.4 Å². The third kappa shape index (κ3) is 5.78. The number of nitrogens with zero attached hydrogens (tertiary/aromatic N) is 2. The molecule has 0 saturated heterocycles. The van der Waals surface area contributed by atoms with E-state index in [0.717, 1.165) is 4.57 Å². The monoisotopic (exact) mass is 538 g/mol. The Labute approximate surface area is 183 Å². The molecule has 0 spiro atoms. The van der Waals surface area contributed by atoms with Gasteiger partial charge in [-0.05, 0) is 47.2 Å². The molecule has 2 aromatic rings. The van der Waals surface area contributed by atoms with Crippen molar-refractivity contribution in [1.82, 2.24) is 14.6 Å². The van der Waals surface area contributed by atoms with E-state index in [1.165, 1.54) is 26.2 Å². The fourth-order valence-corrected chi connectivity index (χ4v) is 2.76. The summed E-state index contributed by atoms with van der Waals surface area (Å²) in [5.74, 6) is -1.47. The molecule has 1 aromatic carbocycles. The highest BCUT2D eigenvalue weighted by Gasteiger charge is 2.21. The molecule has 11 nitrogen and oxygen atoms in total. The third-order valence-corrected chi connectivity index (χ3v) is 4.57. The Kier molecular flexibility index (Phi) is 8.33. The number of aliphatic hydroxyl groups excluding tert-OH is 2. The molecule has 0 aliphatic rings. The van der Waals surface area contributed by atoms with Gasteiger partial charge in [-0.15, -0.1) is 0 Å². The van der Waals surface area contributed by atoms with Crippen LogP contribution in [0.1, 0.15) is 6.42 Å². The first-order chi connectivity index (χ1) is 14.1. The number of carbonyl (C=O) groups is 1. The molecule has 4 N–H and O–H groups in total. The molecule has 1 amide bonds. The van der Waals surface area contributed by atoms with Crippen molar-refractivity contribution in [2.24, 2.45) is 14.1 Å². The van der Waals surface area contributed by atoms with Gasteiger partial charge in [0.2, 0.25) is 5.75 Å². The second-order valence-corrected chi connectivity index (χ2v) is 7.35. The highest BCUT2D eigenvalue weighted by Crippen LogP contribution is 2.25. The minimum atomic E-state index is -1.21. The standard InChI is InChI=1S/C17H20FIN4O7/c1-22-14(20-12-4-3-9(19)7-11(12)18)13(15(26)23(2)17(22)28)30-16(27)21-29-8-10(25)5-6-24/h3-4,7,10,20,24-25H,5-6,8H2,1-2H3,(H,21,27)/t10-/m1/s1. The fraction of sp³-hybridized carbons (Fsp3) is 0.353. The van der Waals surface area contributed by atoms with Gasteiger partial charge in [0.25, 0.3) is 0 Å². The first-order valence-electron chi connectivity index (χ1n) is 8.56. The fourth-order valence-electron chi connectivity index (χ4n) is 2.31. The van der Waals surface area contributed by atoms with Crippen LogP contribution in [0.15, 0.2) is 27.8 Å². The van der Waals surface area contributed by atoms with Gasteiger partial charge < -0.3 is 20.3 Å². The highest BCUT2D eigenvalue weighted by atomic mass is 127. The van der Waals surface area contributed by atoms with Crippen molar-refractivity contribution in [1.29, 1.82) is 0 Å². The van der Waals surface area contributed by atoms with Gasteiger partial charge in [-0.2, -0.15) is 5.48 Å². The zero-order valence-corrected chi connectivity index (χ0v) is 18.2. The van der Waals surface area contributed by atoms with Gasteiger partial charge in [0.05, 0.1) is 11.8 Å². The maximum Gasteiger partial charge on any atom is 0.437 e. The Bertz CT molecular complexity index is 1040. The van der Waals surface area contributed by atoms with Crippen LogP contribution in [0.4, 0.5) is 20.7 Å². The Balaban J connectivity index is 2.31. The average molecular weight is 538 g/mol. The number of hydroxylamine groups is 1. The maximum atomic E-state index is 14.2. The summed E-state index contributed by atoms with van der Waals surface area (Å²) in [4.78, 5) is 41.5. The number of nitrogens with one attached hydrogen (secondary N) is 2. The molecule has 0 unspecified atom stereocenters. The van der Waals surface area contributed by atoms with E-state index in [9.17, 15) is 23.9 Å². The van der Waals surface area contributed by atoms with E-state index in [1.54, 1.807) is 6.07 Å². The van der Waals surface area contributed by atoms with Crippen LogP contribution in [-0.4, -0.2) is 44.8 Å². The van der Waals surface area contributed by atoms with Crippen molar-refractivity contribution < 1.29 is 29.0 Å². The Morgan fingerprint density at radius 3 is 2.63 bits per heavy atom. The highest BCUT2D eigenvalue weighted by molar-refractivity contribution is 14.1. The Morgan fingerprint density at radius 1 is 1.30 bits per heavy atom. The largest absolute Gasteiger partial charge is 0.437 e. The molecule has 1 aromatic heterocycles. The van der Waals surface area contributed by atoms with Crippen LogP contribution in [0.5, 0.6) is 5.75 Å². The summed E-state index contributed by atoms with van der Waals surface area (Å²) < 4.78 is 21.5. The zero-order chi connectivity index (χ0) is 22.4. The number of rotatable bonds is 8. The molecule has 0 aliphatic heterocycles. The molecule has 30 heavy (non-hydrogen) atoms. The maximum absolute atomic E-state index is 14.2. The van der Waals surface area contributed by atoms with Crippen LogP contribution in [0.25, 0.3) is 0 Å². The van der Waals surface area contributed by atoms with Gasteiger partial charge in [0.15, 0.2) is 5.82 Å². The van der Waals surface area contributed by atoms with E-state index in [0.29, 0.717) is 8.14 Å². The van der Waals surface area contributed by atoms with Crippen molar-refractivity contribution >= 4 is 40.2 Å². The molecule has 1 heterocycles. The van der Waals surface area contributed by atoms with Crippen LogP contribution < -0.4 is 26.8 Å². The van der Waals surface area contributed by atoms with Gasteiger partial charge in [0, 0.05) is 24.3 Å². The predicted octanol–water partition coefficient (Wildman–Crippen LogP) is 0.335. The molecule has 0 fully saturated rings. The summed E-state index contributed by atoms with van der Waals surface area (Å²) in [5, 5.41) is 20.7. The smallest absolute Gasteiger partial charge is 0.399 e. The summed E-state index contributed by atoms with van der Waals surface area (Å²) >= 11 is 1.92. The summed E-state index contributed by atoms with van der Waals surface area (Å²) in [7, 11) is 2.49. The summed E-state index contributed by atoms with van der Waals surface area (Å²) in [6.07, 6.45) is -2.21. The Morgan fingerprint density at radius 2 is 2.00 bits per heavy atom. The van der Waals surface area contributed by atoms with Crippen molar-refractivity contribution in [2.75, 3.05) is 18.5 Å². The number of aliphatic hydroxyl groups is 2. The number of aromatic nitrogens is 2. The lowest BCUT2D eigenvalue weighted by Gasteiger charge is -2.17. The molecule has 13 heteroatoms. The molecule has 0 aliphatic carbocycles. The lowest BCUT2D eigenvalue weighted by atomic mass is 10.3. The van der Waals surface area contributed by atoms with E-state index in [-0.39, 0.29) is 31.1 Å². The van der Waals surface area contributed by atoms with E-state index < -0.39 is 35.0 Å². The zero-order valence-electron chi connectivity index (χ0n) is 16.0. The minimum absolute atomic E-state index is 0.0354. The molecule has 0 bridgehead atoms. The lowest BCUT2D eigenvalue weighted by molar-refractivity contribution is -0.0177. The molecular weight excluding hydrogens is 518 g/mol. The van der Waals surface area contributed by atoms with Crippen LogP contribution >= 0.6 is 22.6 Å². The van der Waals surface area contributed by atoms with Crippen LogP contribution in [0.2, 0.25) is 0 Å². The number of hydrogen-bond acceptors (Lipinski definition) is 8. The quantitative estimate of drug-likeness (QED) is 0.278. The van der Waals surface area contributed by atoms with Gasteiger partial charge in [-0.25, -0.2) is 14.0 Å². The molecule has 2 rings (SSSR count). The lowest BCUT2D eigenvalue weighted by Crippen LogP contribution is -2.40. The first kappa shape index (κ1) is 23.8. The first-order valence-corrected chi connectivity index (χ1v) is 9.64. The number of benzene rings is 1. The summed E-state index contributed by atoms with van der Waals surface area (Å²) in [6.45, 7) is -0.604. The van der Waals surface area contributed by atoms with Crippen molar-refractivity contribution in [3.63, 3.8) is 0 Å². The van der Waals surface area contributed by atoms with Crippen LogP contribution in [0.3, 0.4) is 0 Å². The van der Waals surface area contributed by atoms with Gasteiger partial charge in [-0.3, -0.25) is 18.8 Å². The van der Waals surface area contributed by atoms with Crippen LogP contribution in [-0.2, 0) is 18.9 Å². The minimum Gasteiger partial charge on any atom is -0.399 e. The second kappa shape index (κ2) is 10.5. The average Bonchev–Trinajstić information content (AvgIpc) is 2.69. The molecule has 1 atom stereocenters. The number of hydrogen-bond donors (Lipinski definition) is 4. The topological polar surface area (TPSA) is 144 Å². The molecule has 0 radical (unpaired) electrons. The molecule has 164 valence electrons. The van der Waals surface area contributed by atoms with Crippen molar-refractivity contribution in [3.8, 4) is 5.75 Å². The predicted molar refractivity (Wildman–Crippen MR) is 112 cm³/mol.